The molecule has 114 valence electrons. The standard InChI is InChI=1S/C16H29N3O/c1-4-11-17-14(5-2)12(3)16-18-15(19-20-16)13-9-7-6-8-10-13/h12-14,17H,4-11H2,1-3H3. The quantitative estimate of drug-likeness (QED) is 0.819. The van der Waals surface area contributed by atoms with Crippen LogP contribution in [0.2, 0.25) is 0 Å². The number of nitrogens with zero attached hydrogens (tertiary/aromatic N) is 2. The highest BCUT2D eigenvalue weighted by Crippen LogP contribution is 2.31. The van der Waals surface area contributed by atoms with Gasteiger partial charge in [0.1, 0.15) is 0 Å². The van der Waals surface area contributed by atoms with Gasteiger partial charge in [-0.25, -0.2) is 0 Å². The van der Waals surface area contributed by atoms with Crippen molar-refractivity contribution in [2.75, 3.05) is 6.54 Å². The van der Waals surface area contributed by atoms with E-state index in [0.717, 1.165) is 31.1 Å². The minimum absolute atomic E-state index is 0.288. The summed E-state index contributed by atoms with van der Waals surface area (Å²) < 4.78 is 5.54. The molecule has 1 heterocycles. The third-order valence-corrected chi connectivity index (χ3v) is 4.52. The predicted octanol–water partition coefficient (Wildman–Crippen LogP) is 4.00. The van der Waals surface area contributed by atoms with E-state index in [1.165, 1.54) is 32.1 Å². The van der Waals surface area contributed by atoms with Crippen LogP contribution in [0.25, 0.3) is 0 Å². The SMILES string of the molecule is CCCNC(CC)C(C)c1nc(C2CCCCC2)no1. The van der Waals surface area contributed by atoms with Gasteiger partial charge >= 0.3 is 0 Å². The summed E-state index contributed by atoms with van der Waals surface area (Å²) in [7, 11) is 0. The maximum Gasteiger partial charge on any atom is 0.231 e. The van der Waals surface area contributed by atoms with Crippen molar-refractivity contribution < 1.29 is 4.52 Å². The lowest BCUT2D eigenvalue weighted by molar-refractivity contribution is 0.313. The highest BCUT2D eigenvalue weighted by atomic mass is 16.5. The molecule has 0 aliphatic heterocycles. The van der Waals surface area contributed by atoms with Gasteiger partial charge in [0.25, 0.3) is 0 Å². The summed E-state index contributed by atoms with van der Waals surface area (Å²) >= 11 is 0. The fraction of sp³-hybridized carbons (Fsp3) is 0.875. The summed E-state index contributed by atoms with van der Waals surface area (Å²) in [6.07, 6.45) is 8.65. The van der Waals surface area contributed by atoms with Crippen LogP contribution in [0.1, 0.15) is 89.3 Å². The minimum atomic E-state index is 0.288. The first-order valence-electron chi connectivity index (χ1n) is 8.33. The Balaban J connectivity index is 1.98. The maximum atomic E-state index is 5.54. The summed E-state index contributed by atoms with van der Waals surface area (Å²) in [6.45, 7) is 7.64. The van der Waals surface area contributed by atoms with Crippen LogP contribution in [0, 0.1) is 0 Å². The van der Waals surface area contributed by atoms with Crippen molar-refractivity contribution in [1.82, 2.24) is 15.5 Å². The molecule has 0 aromatic carbocycles. The topological polar surface area (TPSA) is 51.0 Å². The average molecular weight is 279 g/mol. The van der Waals surface area contributed by atoms with E-state index < -0.39 is 0 Å². The molecule has 0 spiro atoms. The summed E-state index contributed by atoms with van der Waals surface area (Å²) in [5, 5.41) is 7.82. The Morgan fingerprint density at radius 3 is 2.65 bits per heavy atom. The van der Waals surface area contributed by atoms with Gasteiger partial charge in [0, 0.05) is 12.0 Å². The van der Waals surface area contributed by atoms with Crippen molar-refractivity contribution >= 4 is 0 Å². The number of rotatable bonds is 7. The molecule has 1 aliphatic rings. The van der Waals surface area contributed by atoms with Crippen LogP contribution in [-0.2, 0) is 0 Å². The Hall–Kier alpha value is -0.900. The number of nitrogens with one attached hydrogen (secondary N) is 1. The van der Waals surface area contributed by atoms with Crippen LogP contribution in [-0.4, -0.2) is 22.7 Å². The first-order chi connectivity index (χ1) is 9.76. The molecular formula is C16H29N3O. The van der Waals surface area contributed by atoms with Crippen molar-refractivity contribution in [1.29, 1.82) is 0 Å². The van der Waals surface area contributed by atoms with E-state index in [1.807, 2.05) is 0 Å². The molecular weight excluding hydrogens is 250 g/mol. The van der Waals surface area contributed by atoms with Crippen LogP contribution >= 0.6 is 0 Å². The van der Waals surface area contributed by atoms with Gasteiger partial charge in [-0.15, -0.1) is 0 Å². The molecule has 4 heteroatoms. The smallest absolute Gasteiger partial charge is 0.231 e. The lowest BCUT2D eigenvalue weighted by atomic mass is 9.89. The van der Waals surface area contributed by atoms with Crippen LogP contribution < -0.4 is 5.32 Å². The van der Waals surface area contributed by atoms with Gasteiger partial charge < -0.3 is 9.84 Å². The van der Waals surface area contributed by atoms with Crippen molar-refractivity contribution in [3.8, 4) is 0 Å². The Kier molecular flexibility index (Phi) is 6.02. The van der Waals surface area contributed by atoms with E-state index in [2.05, 4.69) is 31.2 Å². The second-order valence-electron chi connectivity index (χ2n) is 6.08. The third kappa shape index (κ3) is 3.81. The van der Waals surface area contributed by atoms with E-state index in [4.69, 9.17) is 9.51 Å². The van der Waals surface area contributed by atoms with Gasteiger partial charge in [-0.3, -0.25) is 0 Å². The van der Waals surface area contributed by atoms with Crippen molar-refractivity contribution in [2.24, 2.45) is 0 Å². The monoisotopic (exact) mass is 279 g/mol. The molecule has 1 saturated carbocycles. The fourth-order valence-electron chi connectivity index (χ4n) is 3.14. The molecule has 1 aliphatic carbocycles. The number of hydrogen-bond donors (Lipinski definition) is 1. The van der Waals surface area contributed by atoms with Crippen LogP contribution in [0.4, 0.5) is 0 Å². The van der Waals surface area contributed by atoms with Gasteiger partial charge in [-0.2, -0.15) is 4.98 Å². The Bertz CT molecular complexity index is 385. The van der Waals surface area contributed by atoms with Gasteiger partial charge in [0.05, 0.1) is 5.92 Å². The molecule has 4 nitrogen and oxygen atoms in total. The van der Waals surface area contributed by atoms with E-state index in [-0.39, 0.29) is 5.92 Å². The molecule has 0 bridgehead atoms. The molecule has 1 N–H and O–H groups in total. The Morgan fingerprint density at radius 1 is 1.25 bits per heavy atom. The molecule has 1 fully saturated rings. The highest BCUT2D eigenvalue weighted by molar-refractivity contribution is 5.02. The molecule has 1 aromatic rings. The van der Waals surface area contributed by atoms with E-state index in [9.17, 15) is 0 Å². The predicted molar refractivity (Wildman–Crippen MR) is 80.9 cm³/mol. The Morgan fingerprint density at radius 2 is 2.00 bits per heavy atom. The third-order valence-electron chi connectivity index (χ3n) is 4.52. The van der Waals surface area contributed by atoms with E-state index in [0.29, 0.717) is 12.0 Å². The molecule has 2 unspecified atom stereocenters. The minimum Gasteiger partial charge on any atom is -0.339 e. The number of hydrogen-bond acceptors (Lipinski definition) is 4. The zero-order chi connectivity index (χ0) is 14.4. The van der Waals surface area contributed by atoms with Gasteiger partial charge in [0.15, 0.2) is 5.82 Å². The second kappa shape index (κ2) is 7.77. The highest BCUT2D eigenvalue weighted by Gasteiger charge is 2.25. The average Bonchev–Trinajstić information content (AvgIpc) is 2.98. The molecule has 20 heavy (non-hydrogen) atoms. The zero-order valence-corrected chi connectivity index (χ0v) is 13.2. The van der Waals surface area contributed by atoms with Gasteiger partial charge in [0.2, 0.25) is 5.89 Å². The molecule has 1 aromatic heterocycles. The molecule has 0 saturated heterocycles. The summed E-state index contributed by atoms with van der Waals surface area (Å²) in [4.78, 5) is 4.69. The van der Waals surface area contributed by atoms with Crippen LogP contribution in [0.5, 0.6) is 0 Å². The molecule has 0 radical (unpaired) electrons. The molecule has 2 atom stereocenters. The summed E-state index contributed by atoms with van der Waals surface area (Å²) in [6, 6.07) is 0.426. The second-order valence-corrected chi connectivity index (χ2v) is 6.08. The van der Waals surface area contributed by atoms with Crippen molar-refractivity contribution in [2.45, 2.75) is 83.6 Å². The summed E-state index contributed by atoms with van der Waals surface area (Å²) in [5.41, 5.74) is 0. The van der Waals surface area contributed by atoms with Crippen LogP contribution in [0.3, 0.4) is 0 Å². The van der Waals surface area contributed by atoms with E-state index in [1.54, 1.807) is 0 Å². The fourth-order valence-corrected chi connectivity index (χ4v) is 3.14. The lowest BCUT2D eigenvalue weighted by Crippen LogP contribution is -2.33. The summed E-state index contributed by atoms with van der Waals surface area (Å²) in [5.74, 6) is 2.56. The maximum absolute atomic E-state index is 5.54. The molecule has 2 rings (SSSR count). The van der Waals surface area contributed by atoms with E-state index >= 15 is 0 Å². The molecule has 0 amide bonds. The van der Waals surface area contributed by atoms with Crippen molar-refractivity contribution in [3.63, 3.8) is 0 Å². The normalized spacial score (nSPS) is 19.9. The van der Waals surface area contributed by atoms with Gasteiger partial charge in [-0.05, 0) is 32.2 Å². The zero-order valence-electron chi connectivity index (χ0n) is 13.2. The first-order valence-corrected chi connectivity index (χ1v) is 8.33. The van der Waals surface area contributed by atoms with Crippen LogP contribution in [0.15, 0.2) is 4.52 Å². The lowest BCUT2D eigenvalue weighted by Gasteiger charge is -2.21. The number of aromatic nitrogens is 2. The first kappa shape index (κ1) is 15.5. The van der Waals surface area contributed by atoms with Gasteiger partial charge in [-0.1, -0.05) is 45.2 Å². The largest absolute Gasteiger partial charge is 0.339 e. The van der Waals surface area contributed by atoms with Crippen molar-refractivity contribution in [3.05, 3.63) is 11.7 Å². The Labute approximate surface area is 122 Å².